The molecule has 110 valence electrons. The Bertz CT molecular complexity index is 503. The highest BCUT2D eigenvalue weighted by Gasteiger charge is 2.20. The smallest absolute Gasteiger partial charge is 0.310 e. The molecule has 1 aromatic carbocycles. The number of halogens is 1. The molecule has 0 aliphatic carbocycles. The van der Waals surface area contributed by atoms with Crippen LogP contribution in [0.15, 0.2) is 18.2 Å². The number of hydrogen-bond donors (Lipinski definition) is 2. The van der Waals surface area contributed by atoms with Gasteiger partial charge in [-0.2, -0.15) is 0 Å². The van der Waals surface area contributed by atoms with Crippen molar-refractivity contribution < 1.29 is 14.5 Å². The molecule has 1 amide bonds. The maximum Gasteiger partial charge on any atom is 0.310 e. The first-order valence-electron chi connectivity index (χ1n) is 5.96. The van der Waals surface area contributed by atoms with Gasteiger partial charge in [0.05, 0.1) is 12.0 Å². The van der Waals surface area contributed by atoms with Crippen molar-refractivity contribution in [3.8, 4) is 5.75 Å². The maximum absolute atomic E-state index is 12.0. The minimum Gasteiger partial charge on any atom is -0.490 e. The number of methoxy groups -OCH3 is 1. The van der Waals surface area contributed by atoms with E-state index in [2.05, 4.69) is 10.6 Å². The standard InChI is InChI=1S/C12H15N3O4.ClH/c1-19-11-6-8(2-3-10(11)15(17)18)12(16)14-9-4-5-13-7-9;/h2-3,6,9,13H,4-5,7H2,1H3,(H,14,16);1H. The largest absolute Gasteiger partial charge is 0.490 e. The summed E-state index contributed by atoms with van der Waals surface area (Å²) < 4.78 is 4.93. The van der Waals surface area contributed by atoms with Gasteiger partial charge in [0.15, 0.2) is 5.75 Å². The van der Waals surface area contributed by atoms with Crippen molar-refractivity contribution in [2.75, 3.05) is 20.2 Å². The van der Waals surface area contributed by atoms with Crippen molar-refractivity contribution >= 4 is 24.0 Å². The first-order chi connectivity index (χ1) is 9.11. The lowest BCUT2D eigenvalue weighted by atomic mass is 10.1. The molecule has 0 bridgehead atoms. The fraction of sp³-hybridized carbons (Fsp3) is 0.417. The molecule has 1 unspecified atom stereocenters. The number of nitro benzene ring substituents is 1. The molecule has 0 aromatic heterocycles. The summed E-state index contributed by atoms with van der Waals surface area (Å²) in [6, 6.07) is 4.20. The Hall–Kier alpha value is -1.86. The van der Waals surface area contributed by atoms with Gasteiger partial charge >= 0.3 is 5.69 Å². The summed E-state index contributed by atoms with van der Waals surface area (Å²) in [7, 11) is 1.34. The second kappa shape index (κ2) is 7.06. The van der Waals surface area contributed by atoms with Gasteiger partial charge in [-0.1, -0.05) is 0 Å². The van der Waals surface area contributed by atoms with Gasteiger partial charge in [0.2, 0.25) is 0 Å². The van der Waals surface area contributed by atoms with E-state index in [0.29, 0.717) is 5.56 Å². The highest BCUT2D eigenvalue weighted by molar-refractivity contribution is 5.95. The predicted molar refractivity (Wildman–Crippen MR) is 75.6 cm³/mol. The minimum atomic E-state index is -0.540. The number of amides is 1. The summed E-state index contributed by atoms with van der Waals surface area (Å²) in [5, 5.41) is 16.8. The second-order valence-electron chi connectivity index (χ2n) is 4.31. The molecule has 1 heterocycles. The Kier molecular flexibility index (Phi) is 5.72. The van der Waals surface area contributed by atoms with Gasteiger partial charge in [-0.25, -0.2) is 0 Å². The monoisotopic (exact) mass is 301 g/mol. The van der Waals surface area contributed by atoms with Crippen LogP contribution in [0.4, 0.5) is 5.69 Å². The van der Waals surface area contributed by atoms with Crippen molar-refractivity contribution in [3.63, 3.8) is 0 Å². The third-order valence-electron chi connectivity index (χ3n) is 3.03. The third kappa shape index (κ3) is 3.58. The number of nitro groups is 1. The molecule has 1 saturated heterocycles. The molecule has 20 heavy (non-hydrogen) atoms. The van der Waals surface area contributed by atoms with E-state index in [0.717, 1.165) is 19.5 Å². The lowest BCUT2D eigenvalue weighted by Gasteiger charge is -2.11. The van der Waals surface area contributed by atoms with Gasteiger partial charge in [0.25, 0.3) is 5.91 Å². The van der Waals surface area contributed by atoms with Crippen LogP contribution in [-0.2, 0) is 0 Å². The van der Waals surface area contributed by atoms with Crippen molar-refractivity contribution in [1.29, 1.82) is 0 Å². The molecular weight excluding hydrogens is 286 g/mol. The molecule has 0 radical (unpaired) electrons. The quantitative estimate of drug-likeness (QED) is 0.642. The normalized spacial score (nSPS) is 17.1. The average molecular weight is 302 g/mol. The van der Waals surface area contributed by atoms with Gasteiger partial charge in [-0.05, 0) is 19.0 Å². The first-order valence-corrected chi connectivity index (χ1v) is 5.96. The molecule has 1 atom stereocenters. The van der Waals surface area contributed by atoms with E-state index in [1.54, 1.807) is 0 Å². The fourth-order valence-corrected chi connectivity index (χ4v) is 2.02. The summed E-state index contributed by atoms with van der Waals surface area (Å²) in [5.41, 5.74) is 0.205. The molecule has 1 aromatic rings. The molecular formula is C12H16ClN3O4. The molecule has 1 aliphatic rings. The number of nitrogens with one attached hydrogen (secondary N) is 2. The van der Waals surface area contributed by atoms with Gasteiger partial charge < -0.3 is 15.4 Å². The Morgan fingerprint density at radius 1 is 1.55 bits per heavy atom. The van der Waals surface area contributed by atoms with Gasteiger partial charge in [-0.15, -0.1) is 12.4 Å². The molecule has 1 fully saturated rings. The molecule has 1 aliphatic heterocycles. The lowest BCUT2D eigenvalue weighted by molar-refractivity contribution is -0.385. The highest BCUT2D eigenvalue weighted by Crippen LogP contribution is 2.27. The van der Waals surface area contributed by atoms with E-state index in [1.807, 2.05) is 0 Å². The molecule has 0 saturated carbocycles. The number of hydrogen-bond acceptors (Lipinski definition) is 5. The first kappa shape index (κ1) is 16.2. The van der Waals surface area contributed by atoms with Crippen LogP contribution in [0.5, 0.6) is 5.75 Å². The molecule has 0 spiro atoms. The number of rotatable bonds is 4. The summed E-state index contributed by atoms with van der Waals surface area (Å²) >= 11 is 0. The van der Waals surface area contributed by atoms with Crippen LogP contribution in [0, 0.1) is 10.1 Å². The average Bonchev–Trinajstić information content (AvgIpc) is 2.90. The summed E-state index contributed by atoms with van der Waals surface area (Å²) in [6.07, 6.45) is 0.885. The number of nitrogens with zero attached hydrogens (tertiary/aromatic N) is 1. The van der Waals surface area contributed by atoms with Gasteiger partial charge in [-0.3, -0.25) is 14.9 Å². The fourth-order valence-electron chi connectivity index (χ4n) is 2.02. The highest BCUT2D eigenvalue weighted by atomic mass is 35.5. The van der Waals surface area contributed by atoms with Crippen LogP contribution < -0.4 is 15.4 Å². The van der Waals surface area contributed by atoms with Crippen molar-refractivity contribution in [1.82, 2.24) is 10.6 Å². The predicted octanol–water partition coefficient (Wildman–Crippen LogP) is 1.12. The lowest BCUT2D eigenvalue weighted by Crippen LogP contribution is -2.36. The number of carbonyl (C=O) groups is 1. The summed E-state index contributed by atoms with van der Waals surface area (Å²) in [6.45, 7) is 1.63. The Morgan fingerprint density at radius 3 is 2.85 bits per heavy atom. The van der Waals surface area contributed by atoms with E-state index in [4.69, 9.17) is 4.74 Å². The van der Waals surface area contributed by atoms with E-state index >= 15 is 0 Å². The number of benzene rings is 1. The Labute approximate surface area is 122 Å². The van der Waals surface area contributed by atoms with Crippen LogP contribution in [0.3, 0.4) is 0 Å². The molecule has 8 heteroatoms. The third-order valence-corrected chi connectivity index (χ3v) is 3.03. The van der Waals surface area contributed by atoms with E-state index < -0.39 is 4.92 Å². The molecule has 2 rings (SSSR count). The van der Waals surface area contributed by atoms with Gasteiger partial charge in [0, 0.05) is 30.3 Å². The van der Waals surface area contributed by atoms with Gasteiger partial charge in [0.1, 0.15) is 0 Å². The SMILES string of the molecule is COc1cc(C(=O)NC2CCNC2)ccc1[N+](=O)[O-].Cl. The number of carbonyl (C=O) groups excluding carboxylic acids is 1. The van der Waals surface area contributed by atoms with E-state index in [9.17, 15) is 14.9 Å². The van der Waals surface area contributed by atoms with Crippen LogP contribution in [0.1, 0.15) is 16.8 Å². The van der Waals surface area contributed by atoms with Crippen LogP contribution in [-0.4, -0.2) is 37.1 Å². The number of ether oxygens (including phenoxy) is 1. The Morgan fingerprint density at radius 2 is 2.30 bits per heavy atom. The zero-order valence-electron chi connectivity index (χ0n) is 10.9. The van der Waals surface area contributed by atoms with Crippen molar-refractivity contribution in [3.05, 3.63) is 33.9 Å². The van der Waals surface area contributed by atoms with E-state index in [1.165, 1.54) is 25.3 Å². The Balaban J connectivity index is 0.00000200. The zero-order valence-corrected chi connectivity index (χ0v) is 11.7. The topological polar surface area (TPSA) is 93.5 Å². The summed E-state index contributed by atoms with van der Waals surface area (Å²) in [5.74, 6) is -0.163. The molecule has 2 N–H and O–H groups in total. The van der Waals surface area contributed by atoms with Crippen LogP contribution in [0.25, 0.3) is 0 Å². The van der Waals surface area contributed by atoms with Crippen LogP contribution >= 0.6 is 12.4 Å². The van der Waals surface area contributed by atoms with Crippen molar-refractivity contribution in [2.45, 2.75) is 12.5 Å². The second-order valence-corrected chi connectivity index (χ2v) is 4.31. The van der Waals surface area contributed by atoms with Crippen LogP contribution in [0.2, 0.25) is 0 Å². The van der Waals surface area contributed by atoms with E-state index in [-0.39, 0.29) is 35.8 Å². The minimum absolute atomic E-state index is 0. The molecule has 7 nitrogen and oxygen atoms in total. The van der Waals surface area contributed by atoms with Crippen molar-refractivity contribution in [2.24, 2.45) is 0 Å². The zero-order chi connectivity index (χ0) is 13.8. The maximum atomic E-state index is 12.0. The summed E-state index contributed by atoms with van der Waals surface area (Å²) in [4.78, 5) is 22.2.